The molecular weight excluding hydrogens is 242 g/mol. The number of carboxylic acid groups (broad SMARTS) is 1. The Kier molecular flexibility index (Phi) is 4.89. The highest BCUT2D eigenvalue weighted by Gasteiger charge is 2.13. The molecule has 0 fully saturated rings. The largest absolute Gasteiger partial charge is 0.480 e. The minimum Gasteiger partial charge on any atom is -0.480 e. The number of aromatic nitrogens is 1. The average molecular weight is 257 g/mol. The molecule has 94 valence electrons. The molecule has 0 spiro atoms. The van der Waals surface area contributed by atoms with Crippen LogP contribution in [-0.2, 0) is 17.8 Å². The zero-order valence-corrected chi connectivity index (χ0v) is 10.5. The van der Waals surface area contributed by atoms with E-state index in [4.69, 9.17) is 5.11 Å². The predicted molar refractivity (Wildman–Crippen MR) is 64.0 cm³/mol. The summed E-state index contributed by atoms with van der Waals surface area (Å²) in [5.74, 6) is -1.07. The highest BCUT2D eigenvalue weighted by Crippen LogP contribution is 2.12. The number of amides is 2. The topological polar surface area (TPSA) is 91.3 Å². The van der Waals surface area contributed by atoms with Crippen LogP contribution in [0.3, 0.4) is 0 Å². The maximum Gasteiger partial charge on any atom is 0.325 e. The standard InChI is InChI=1S/C10H15N3O3S/c1-3-7-4-11-8(17-7)5-12-10(16)13-6(2)9(14)15/h4,6H,3,5H2,1-2H3,(H,14,15)(H2,12,13,16). The number of carbonyl (C=O) groups is 2. The van der Waals surface area contributed by atoms with E-state index in [0.29, 0.717) is 6.54 Å². The Hall–Kier alpha value is -1.63. The second kappa shape index (κ2) is 6.19. The van der Waals surface area contributed by atoms with Crippen molar-refractivity contribution in [1.82, 2.24) is 15.6 Å². The number of carboxylic acids is 1. The van der Waals surface area contributed by atoms with E-state index in [1.807, 2.05) is 6.92 Å². The van der Waals surface area contributed by atoms with Crippen LogP contribution in [0.1, 0.15) is 23.7 Å². The van der Waals surface area contributed by atoms with Crippen LogP contribution in [0, 0.1) is 0 Å². The van der Waals surface area contributed by atoms with Crippen molar-refractivity contribution in [2.75, 3.05) is 0 Å². The molecule has 3 N–H and O–H groups in total. The Morgan fingerprint density at radius 1 is 1.59 bits per heavy atom. The third-order valence-corrected chi connectivity index (χ3v) is 3.21. The molecule has 0 aliphatic heterocycles. The number of aliphatic carboxylic acids is 1. The summed E-state index contributed by atoms with van der Waals surface area (Å²) in [4.78, 5) is 27.1. The molecule has 1 heterocycles. The Labute approximate surface area is 103 Å². The fraction of sp³-hybridized carbons (Fsp3) is 0.500. The van der Waals surface area contributed by atoms with Crippen molar-refractivity contribution in [3.63, 3.8) is 0 Å². The third kappa shape index (κ3) is 4.39. The third-order valence-electron chi connectivity index (χ3n) is 2.07. The summed E-state index contributed by atoms with van der Waals surface area (Å²) in [6, 6.07) is -1.41. The SMILES string of the molecule is CCc1cnc(CNC(=O)NC(C)C(=O)O)s1. The molecule has 0 aliphatic rings. The van der Waals surface area contributed by atoms with Crippen molar-refractivity contribution in [2.24, 2.45) is 0 Å². The fourth-order valence-corrected chi connectivity index (χ4v) is 1.86. The molecule has 0 saturated heterocycles. The van der Waals surface area contributed by atoms with E-state index in [-0.39, 0.29) is 0 Å². The van der Waals surface area contributed by atoms with Gasteiger partial charge in [-0.25, -0.2) is 9.78 Å². The molecule has 1 aromatic heterocycles. The summed E-state index contributed by atoms with van der Waals surface area (Å²) in [5, 5.41) is 14.3. The fourth-order valence-electron chi connectivity index (χ4n) is 1.06. The van der Waals surface area contributed by atoms with Crippen molar-refractivity contribution >= 4 is 23.3 Å². The van der Waals surface area contributed by atoms with Crippen molar-refractivity contribution in [2.45, 2.75) is 32.9 Å². The van der Waals surface area contributed by atoms with E-state index in [9.17, 15) is 9.59 Å². The van der Waals surface area contributed by atoms with Gasteiger partial charge in [-0.1, -0.05) is 6.92 Å². The highest BCUT2D eigenvalue weighted by molar-refractivity contribution is 7.11. The van der Waals surface area contributed by atoms with Gasteiger partial charge in [0.2, 0.25) is 0 Å². The molecule has 0 bridgehead atoms. The number of thiazole rings is 1. The van der Waals surface area contributed by atoms with Gasteiger partial charge in [-0.05, 0) is 13.3 Å². The number of aryl methyl sites for hydroxylation is 1. The summed E-state index contributed by atoms with van der Waals surface area (Å²) in [6.07, 6.45) is 2.69. The number of nitrogens with zero attached hydrogens (tertiary/aromatic N) is 1. The number of hydrogen-bond acceptors (Lipinski definition) is 4. The van der Waals surface area contributed by atoms with Crippen LogP contribution in [0.4, 0.5) is 4.79 Å². The number of nitrogens with one attached hydrogen (secondary N) is 2. The van der Waals surface area contributed by atoms with Crippen LogP contribution < -0.4 is 10.6 Å². The first kappa shape index (κ1) is 13.4. The lowest BCUT2D eigenvalue weighted by molar-refractivity contribution is -0.138. The monoisotopic (exact) mass is 257 g/mol. The summed E-state index contributed by atoms with van der Waals surface area (Å²) in [7, 11) is 0. The van der Waals surface area contributed by atoms with E-state index < -0.39 is 18.0 Å². The number of rotatable bonds is 5. The van der Waals surface area contributed by atoms with Crippen LogP contribution in [-0.4, -0.2) is 28.1 Å². The van der Waals surface area contributed by atoms with Crippen LogP contribution in [0.15, 0.2) is 6.20 Å². The van der Waals surface area contributed by atoms with E-state index >= 15 is 0 Å². The number of carbonyl (C=O) groups excluding carboxylic acids is 1. The van der Waals surface area contributed by atoms with Gasteiger partial charge in [0.25, 0.3) is 0 Å². The molecule has 0 saturated carbocycles. The van der Waals surface area contributed by atoms with Gasteiger partial charge in [0.15, 0.2) is 0 Å². The van der Waals surface area contributed by atoms with Crippen molar-refractivity contribution < 1.29 is 14.7 Å². The lowest BCUT2D eigenvalue weighted by Crippen LogP contribution is -2.44. The van der Waals surface area contributed by atoms with Crippen LogP contribution in [0.2, 0.25) is 0 Å². The molecule has 1 rings (SSSR count). The highest BCUT2D eigenvalue weighted by atomic mass is 32.1. The molecule has 1 unspecified atom stereocenters. The van der Waals surface area contributed by atoms with E-state index in [2.05, 4.69) is 15.6 Å². The summed E-state index contributed by atoms with van der Waals surface area (Å²) in [5.41, 5.74) is 0. The smallest absolute Gasteiger partial charge is 0.325 e. The Morgan fingerprint density at radius 2 is 2.29 bits per heavy atom. The molecule has 17 heavy (non-hydrogen) atoms. The molecule has 2 amide bonds. The van der Waals surface area contributed by atoms with E-state index in [1.165, 1.54) is 18.3 Å². The van der Waals surface area contributed by atoms with Crippen LogP contribution >= 0.6 is 11.3 Å². The maximum absolute atomic E-state index is 11.3. The Morgan fingerprint density at radius 3 is 2.82 bits per heavy atom. The maximum atomic E-state index is 11.3. The minimum atomic E-state index is -1.07. The lowest BCUT2D eigenvalue weighted by atomic mass is 10.3. The van der Waals surface area contributed by atoms with Gasteiger partial charge in [0, 0.05) is 11.1 Å². The second-order valence-electron chi connectivity index (χ2n) is 3.46. The first-order chi connectivity index (χ1) is 8.02. The molecule has 0 aromatic carbocycles. The normalized spacial score (nSPS) is 11.9. The van der Waals surface area contributed by atoms with Crippen molar-refractivity contribution in [3.05, 3.63) is 16.1 Å². The predicted octanol–water partition coefficient (Wildman–Crippen LogP) is 0.978. The van der Waals surface area contributed by atoms with Crippen LogP contribution in [0.25, 0.3) is 0 Å². The van der Waals surface area contributed by atoms with Gasteiger partial charge in [0.05, 0.1) is 6.54 Å². The van der Waals surface area contributed by atoms with Gasteiger partial charge in [-0.15, -0.1) is 11.3 Å². The molecule has 0 radical (unpaired) electrons. The molecule has 1 aromatic rings. The van der Waals surface area contributed by atoms with Crippen LogP contribution in [0.5, 0.6) is 0 Å². The molecule has 1 atom stereocenters. The molecule has 7 heteroatoms. The number of hydrogen-bond donors (Lipinski definition) is 3. The molecular formula is C10H15N3O3S. The Balaban J connectivity index is 2.35. The quantitative estimate of drug-likeness (QED) is 0.733. The zero-order valence-electron chi connectivity index (χ0n) is 9.69. The van der Waals surface area contributed by atoms with Gasteiger partial charge in [-0.2, -0.15) is 0 Å². The van der Waals surface area contributed by atoms with Gasteiger partial charge in [0.1, 0.15) is 11.0 Å². The average Bonchev–Trinajstić information content (AvgIpc) is 2.74. The number of urea groups is 1. The summed E-state index contributed by atoms with van der Waals surface area (Å²) < 4.78 is 0. The van der Waals surface area contributed by atoms with Crippen molar-refractivity contribution in [1.29, 1.82) is 0 Å². The lowest BCUT2D eigenvalue weighted by Gasteiger charge is -2.09. The first-order valence-electron chi connectivity index (χ1n) is 5.23. The minimum absolute atomic E-state index is 0.308. The van der Waals surface area contributed by atoms with Gasteiger partial charge >= 0.3 is 12.0 Å². The van der Waals surface area contributed by atoms with Gasteiger partial charge < -0.3 is 15.7 Å². The molecule has 6 nitrogen and oxygen atoms in total. The second-order valence-corrected chi connectivity index (χ2v) is 4.66. The van der Waals surface area contributed by atoms with Crippen molar-refractivity contribution in [3.8, 4) is 0 Å². The molecule has 0 aliphatic carbocycles. The first-order valence-corrected chi connectivity index (χ1v) is 6.05. The van der Waals surface area contributed by atoms with Gasteiger partial charge in [-0.3, -0.25) is 4.79 Å². The van der Waals surface area contributed by atoms with E-state index in [0.717, 1.165) is 16.3 Å². The zero-order chi connectivity index (χ0) is 12.8. The Bertz CT molecular complexity index is 405. The summed E-state index contributed by atoms with van der Waals surface area (Å²) >= 11 is 1.53. The summed E-state index contributed by atoms with van der Waals surface area (Å²) in [6.45, 7) is 3.75. The van der Waals surface area contributed by atoms with E-state index in [1.54, 1.807) is 6.20 Å².